The van der Waals surface area contributed by atoms with E-state index in [1.807, 2.05) is 32.0 Å². The zero-order chi connectivity index (χ0) is 16.1. The van der Waals surface area contributed by atoms with Crippen LogP contribution in [0.15, 0.2) is 42.5 Å². The molecule has 0 aliphatic carbocycles. The summed E-state index contributed by atoms with van der Waals surface area (Å²) in [5, 5.41) is 3.36. The van der Waals surface area contributed by atoms with Crippen LogP contribution in [0.2, 0.25) is 0 Å². The molecule has 116 valence electrons. The molecule has 2 aromatic rings. The maximum atomic E-state index is 12.2. The molecular weight excluding hydrogens is 290 g/mol. The van der Waals surface area contributed by atoms with Crippen molar-refractivity contribution < 1.29 is 4.79 Å². The highest BCUT2D eigenvalue weighted by atomic mass is 32.2. The second-order valence-electron chi connectivity index (χ2n) is 5.69. The van der Waals surface area contributed by atoms with Gasteiger partial charge < -0.3 is 5.32 Å². The molecule has 0 spiro atoms. The average molecular weight is 313 g/mol. The van der Waals surface area contributed by atoms with Crippen LogP contribution in [0.25, 0.3) is 0 Å². The smallest absolute Gasteiger partial charge is 0.234 e. The second kappa shape index (κ2) is 7.50. The number of anilines is 1. The second-order valence-corrected chi connectivity index (χ2v) is 7.01. The highest BCUT2D eigenvalue weighted by Gasteiger charge is 2.11. The molecule has 0 aromatic heterocycles. The average Bonchev–Trinajstić information content (AvgIpc) is 2.49. The third kappa shape index (κ3) is 4.38. The number of rotatable bonds is 5. The largest absolute Gasteiger partial charge is 0.325 e. The highest BCUT2D eigenvalue weighted by Crippen LogP contribution is 2.28. The predicted octanol–water partition coefficient (Wildman–Crippen LogP) is 5.04. The van der Waals surface area contributed by atoms with E-state index < -0.39 is 0 Å². The molecule has 0 saturated heterocycles. The fourth-order valence-corrected chi connectivity index (χ4v) is 3.40. The number of thioether (sulfide) groups is 1. The summed E-state index contributed by atoms with van der Waals surface area (Å²) in [5.74, 6) is 0.519. The SMILES string of the molecule is Cc1cc(C)c(NC(=O)CS[C@@H](C)c2ccccc2)c(C)c1. The molecule has 2 rings (SSSR count). The molecule has 0 heterocycles. The van der Waals surface area contributed by atoms with Crippen molar-refractivity contribution in [2.75, 3.05) is 11.1 Å². The zero-order valence-electron chi connectivity index (χ0n) is 13.6. The number of hydrogen-bond acceptors (Lipinski definition) is 2. The summed E-state index contributed by atoms with van der Waals surface area (Å²) in [4.78, 5) is 12.2. The molecule has 1 atom stereocenters. The van der Waals surface area contributed by atoms with Gasteiger partial charge in [0.05, 0.1) is 5.75 Å². The minimum Gasteiger partial charge on any atom is -0.325 e. The van der Waals surface area contributed by atoms with Crippen LogP contribution in [0.5, 0.6) is 0 Å². The molecule has 2 aromatic carbocycles. The van der Waals surface area contributed by atoms with Gasteiger partial charge in [0.15, 0.2) is 0 Å². The van der Waals surface area contributed by atoms with Gasteiger partial charge in [0, 0.05) is 10.9 Å². The summed E-state index contributed by atoms with van der Waals surface area (Å²) in [6, 6.07) is 14.5. The van der Waals surface area contributed by atoms with Crippen molar-refractivity contribution in [3.8, 4) is 0 Å². The number of benzene rings is 2. The number of hydrogen-bond donors (Lipinski definition) is 1. The van der Waals surface area contributed by atoms with Crippen molar-refractivity contribution in [1.82, 2.24) is 0 Å². The van der Waals surface area contributed by atoms with Gasteiger partial charge in [-0.05, 0) is 44.4 Å². The van der Waals surface area contributed by atoms with E-state index in [-0.39, 0.29) is 5.91 Å². The Balaban J connectivity index is 1.94. The van der Waals surface area contributed by atoms with Gasteiger partial charge in [-0.3, -0.25) is 4.79 Å². The molecule has 2 nitrogen and oxygen atoms in total. The Morgan fingerprint density at radius 3 is 2.27 bits per heavy atom. The van der Waals surface area contributed by atoms with Gasteiger partial charge in [0.2, 0.25) is 5.91 Å². The number of carbonyl (C=O) groups is 1. The Morgan fingerprint density at radius 1 is 1.09 bits per heavy atom. The number of aryl methyl sites for hydroxylation is 3. The summed E-state index contributed by atoms with van der Waals surface area (Å²) >= 11 is 1.66. The minimum atomic E-state index is 0.0582. The Labute approximate surface area is 137 Å². The first-order chi connectivity index (χ1) is 10.5. The molecule has 0 bridgehead atoms. The van der Waals surface area contributed by atoms with E-state index in [0.717, 1.165) is 16.8 Å². The van der Waals surface area contributed by atoms with Crippen molar-refractivity contribution in [3.05, 3.63) is 64.7 Å². The Kier molecular flexibility index (Phi) is 5.67. The van der Waals surface area contributed by atoms with E-state index in [9.17, 15) is 4.79 Å². The van der Waals surface area contributed by atoms with Gasteiger partial charge in [0.25, 0.3) is 0 Å². The predicted molar refractivity (Wildman–Crippen MR) is 96.6 cm³/mol. The van der Waals surface area contributed by atoms with Crippen LogP contribution >= 0.6 is 11.8 Å². The van der Waals surface area contributed by atoms with Crippen molar-refractivity contribution in [2.24, 2.45) is 0 Å². The van der Waals surface area contributed by atoms with Crippen LogP contribution in [-0.2, 0) is 4.79 Å². The fourth-order valence-electron chi connectivity index (χ4n) is 2.57. The van der Waals surface area contributed by atoms with Gasteiger partial charge in [-0.15, -0.1) is 11.8 Å². The summed E-state index contributed by atoms with van der Waals surface area (Å²) in [6.07, 6.45) is 0. The van der Waals surface area contributed by atoms with Crippen molar-refractivity contribution in [3.63, 3.8) is 0 Å². The normalized spacial score (nSPS) is 12.0. The van der Waals surface area contributed by atoms with E-state index in [1.54, 1.807) is 11.8 Å². The summed E-state index contributed by atoms with van der Waals surface area (Å²) < 4.78 is 0. The lowest BCUT2D eigenvalue weighted by Crippen LogP contribution is -2.16. The lowest BCUT2D eigenvalue weighted by Gasteiger charge is -2.14. The maximum absolute atomic E-state index is 12.2. The monoisotopic (exact) mass is 313 g/mol. The van der Waals surface area contributed by atoms with Gasteiger partial charge in [-0.1, -0.05) is 48.0 Å². The van der Waals surface area contributed by atoms with E-state index in [0.29, 0.717) is 11.0 Å². The van der Waals surface area contributed by atoms with Crippen LogP contribution in [-0.4, -0.2) is 11.7 Å². The molecule has 3 heteroatoms. The Morgan fingerprint density at radius 2 is 1.68 bits per heavy atom. The molecule has 0 saturated carbocycles. The minimum absolute atomic E-state index is 0.0582. The topological polar surface area (TPSA) is 29.1 Å². The molecule has 0 radical (unpaired) electrons. The lowest BCUT2D eigenvalue weighted by atomic mass is 10.1. The number of amides is 1. The van der Waals surface area contributed by atoms with Crippen LogP contribution in [0.1, 0.15) is 34.4 Å². The quantitative estimate of drug-likeness (QED) is 0.837. The first-order valence-electron chi connectivity index (χ1n) is 7.51. The summed E-state index contributed by atoms with van der Waals surface area (Å²) in [5.41, 5.74) is 5.66. The molecule has 1 amide bonds. The zero-order valence-corrected chi connectivity index (χ0v) is 14.5. The van der Waals surface area contributed by atoms with E-state index in [2.05, 4.69) is 43.4 Å². The van der Waals surface area contributed by atoms with Gasteiger partial charge in [0.1, 0.15) is 0 Å². The molecule has 0 aliphatic rings. The van der Waals surface area contributed by atoms with Crippen LogP contribution in [0.4, 0.5) is 5.69 Å². The standard InChI is InChI=1S/C19H23NOS/c1-13-10-14(2)19(15(3)11-13)20-18(21)12-22-16(4)17-8-6-5-7-9-17/h5-11,16H,12H2,1-4H3,(H,20,21)/t16-/m0/s1. The Hall–Kier alpha value is -1.74. The summed E-state index contributed by atoms with van der Waals surface area (Å²) in [7, 11) is 0. The van der Waals surface area contributed by atoms with Crippen LogP contribution in [0, 0.1) is 20.8 Å². The van der Waals surface area contributed by atoms with E-state index >= 15 is 0 Å². The van der Waals surface area contributed by atoms with E-state index in [1.165, 1.54) is 11.1 Å². The van der Waals surface area contributed by atoms with Crippen LogP contribution in [0.3, 0.4) is 0 Å². The highest BCUT2D eigenvalue weighted by molar-refractivity contribution is 8.00. The van der Waals surface area contributed by atoms with Crippen molar-refractivity contribution in [1.29, 1.82) is 0 Å². The third-order valence-electron chi connectivity index (χ3n) is 3.67. The van der Waals surface area contributed by atoms with Crippen LogP contribution < -0.4 is 5.32 Å². The van der Waals surface area contributed by atoms with E-state index in [4.69, 9.17) is 0 Å². The van der Waals surface area contributed by atoms with Crippen molar-refractivity contribution in [2.45, 2.75) is 32.9 Å². The fraction of sp³-hybridized carbons (Fsp3) is 0.316. The molecule has 1 N–H and O–H groups in total. The number of nitrogens with one attached hydrogen (secondary N) is 1. The molecule has 22 heavy (non-hydrogen) atoms. The molecular formula is C19H23NOS. The van der Waals surface area contributed by atoms with Gasteiger partial charge in [-0.25, -0.2) is 0 Å². The van der Waals surface area contributed by atoms with Crippen molar-refractivity contribution >= 4 is 23.4 Å². The Bertz CT molecular complexity index is 629. The van der Waals surface area contributed by atoms with Gasteiger partial charge >= 0.3 is 0 Å². The first-order valence-corrected chi connectivity index (χ1v) is 8.56. The van der Waals surface area contributed by atoms with Gasteiger partial charge in [-0.2, -0.15) is 0 Å². The summed E-state index contributed by atoms with van der Waals surface area (Å²) in [6.45, 7) is 8.28. The molecule has 0 aliphatic heterocycles. The maximum Gasteiger partial charge on any atom is 0.234 e. The third-order valence-corrected chi connectivity index (χ3v) is 4.88. The molecule has 0 unspecified atom stereocenters. The lowest BCUT2D eigenvalue weighted by molar-refractivity contribution is -0.113. The first kappa shape index (κ1) is 16.6. The number of carbonyl (C=O) groups excluding carboxylic acids is 1. The molecule has 0 fully saturated rings.